The third kappa shape index (κ3) is 2.65. The number of hydrogen-bond donors (Lipinski definition) is 1. The number of rotatable bonds is 3. The molecule has 0 radical (unpaired) electrons. The summed E-state index contributed by atoms with van der Waals surface area (Å²) in [7, 11) is 0. The lowest BCUT2D eigenvalue weighted by molar-refractivity contribution is -0.116. The number of benzene rings is 1. The molecule has 1 N–H and O–H groups in total. The van der Waals surface area contributed by atoms with E-state index in [1.165, 1.54) is 22.2 Å². The zero-order valence-corrected chi connectivity index (χ0v) is 13.1. The molecule has 0 spiro atoms. The van der Waals surface area contributed by atoms with Crippen molar-refractivity contribution in [3.05, 3.63) is 57.5 Å². The number of aromatic nitrogens is 2. The fourth-order valence-corrected chi connectivity index (χ4v) is 2.96. The lowest BCUT2D eigenvalue weighted by Gasteiger charge is -2.11. The fraction of sp³-hybridized carbons (Fsp3) is 0.188. The van der Waals surface area contributed by atoms with Gasteiger partial charge in [-0.05, 0) is 42.5 Å². The first-order valence-corrected chi connectivity index (χ1v) is 7.73. The second kappa shape index (κ2) is 5.73. The Morgan fingerprint density at radius 1 is 1.32 bits per heavy atom. The average Bonchev–Trinajstić information content (AvgIpc) is 2.96. The highest BCUT2D eigenvalue weighted by Crippen LogP contribution is 2.18. The number of carbonyl (C=O) groups excluding carboxylic acids is 1. The molecule has 3 rings (SSSR count). The minimum absolute atomic E-state index is 0.0506. The Morgan fingerprint density at radius 3 is 2.95 bits per heavy atom. The van der Waals surface area contributed by atoms with Crippen LogP contribution in [0.15, 0.2) is 40.8 Å². The van der Waals surface area contributed by atoms with Crippen LogP contribution < -0.4 is 10.9 Å². The van der Waals surface area contributed by atoms with Crippen LogP contribution in [0.5, 0.6) is 0 Å². The van der Waals surface area contributed by atoms with Crippen molar-refractivity contribution in [2.75, 3.05) is 5.32 Å². The molecule has 112 valence electrons. The van der Waals surface area contributed by atoms with E-state index in [9.17, 15) is 9.59 Å². The summed E-state index contributed by atoms with van der Waals surface area (Å²) >= 11 is 1.41. The highest BCUT2D eigenvalue weighted by Gasteiger charge is 2.10. The van der Waals surface area contributed by atoms with Gasteiger partial charge in [-0.1, -0.05) is 12.1 Å². The molecule has 0 unspecified atom stereocenters. The Labute approximate surface area is 131 Å². The van der Waals surface area contributed by atoms with E-state index in [4.69, 9.17) is 0 Å². The summed E-state index contributed by atoms with van der Waals surface area (Å²) in [6, 6.07) is 7.46. The van der Waals surface area contributed by atoms with Crippen molar-refractivity contribution in [2.45, 2.75) is 20.4 Å². The summed E-state index contributed by atoms with van der Waals surface area (Å²) in [6.45, 7) is 3.89. The van der Waals surface area contributed by atoms with Gasteiger partial charge in [-0.25, -0.2) is 4.98 Å². The Bertz CT molecular complexity index is 911. The zero-order chi connectivity index (χ0) is 15.7. The molecule has 0 atom stereocenters. The molecule has 0 fully saturated rings. The molecule has 2 heterocycles. The van der Waals surface area contributed by atoms with E-state index in [1.54, 1.807) is 6.07 Å². The van der Waals surface area contributed by atoms with Crippen molar-refractivity contribution in [3.63, 3.8) is 0 Å². The second-order valence-corrected chi connectivity index (χ2v) is 6.01. The molecule has 1 amide bonds. The van der Waals surface area contributed by atoms with Gasteiger partial charge in [-0.15, -0.1) is 11.3 Å². The first-order valence-electron chi connectivity index (χ1n) is 6.85. The monoisotopic (exact) mass is 313 g/mol. The number of hydrogen-bond acceptors (Lipinski definition) is 4. The number of nitrogens with one attached hydrogen (secondary N) is 1. The summed E-state index contributed by atoms with van der Waals surface area (Å²) in [5, 5.41) is 5.21. The molecule has 2 aromatic heterocycles. The fourth-order valence-electron chi connectivity index (χ4n) is 2.24. The van der Waals surface area contributed by atoms with Gasteiger partial charge < -0.3 is 5.32 Å². The number of fused-ring (bicyclic) bond motifs is 1. The van der Waals surface area contributed by atoms with Crippen molar-refractivity contribution in [3.8, 4) is 0 Å². The maximum atomic E-state index is 12.2. The molecule has 0 aliphatic rings. The van der Waals surface area contributed by atoms with E-state index in [-0.39, 0.29) is 18.0 Å². The Morgan fingerprint density at radius 2 is 2.14 bits per heavy atom. The molecule has 0 bridgehead atoms. The molecule has 0 aliphatic heterocycles. The standard InChI is InChI=1S/C16H15N3O2S/c1-10-4-3-5-13(11(10)2)18-14(20)8-19-9-17-15-12(16(19)21)6-7-22-15/h3-7,9H,8H2,1-2H3,(H,18,20). The van der Waals surface area contributed by atoms with Gasteiger partial charge in [-0.3, -0.25) is 14.2 Å². The summed E-state index contributed by atoms with van der Waals surface area (Å²) in [4.78, 5) is 29.3. The number of nitrogens with zero attached hydrogens (tertiary/aromatic N) is 2. The molecule has 3 aromatic rings. The predicted octanol–water partition coefficient (Wildman–Crippen LogP) is 2.71. The van der Waals surface area contributed by atoms with Crippen molar-refractivity contribution < 1.29 is 4.79 Å². The smallest absolute Gasteiger partial charge is 0.262 e. The molecule has 0 saturated carbocycles. The Kier molecular flexibility index (Phi) is 3.77. The normalized spacial score (nSPS) is 10.8. The minimum Gasteiger partial charge on any atom is -0.324 e. The predicted molar refractivity (Wildman–Crippen MR) is 88.4 cm³/mol. The number of aryl methyl sites for hydroxylation is 1. The van der Waals surface area contributed by atoms with Gasteiger partial charge in [0.2, 0.25) is 5.91 Å². The van der Waals surface area contributed by atoms with Gasteiger partial charge in [0, 0.05) is 5.69 Å². The Hall–Kier alpha value is -2.47. The van der Waals surface area contributed by atoms with Gasteiger partial charge in [0.25, 0.3) is 5.56 Å². The third-order valence-electron chi connectivity index (χ3n) is 3.64. The van der Waals surface area contributed by atoms with E-state index >= 15 is 0 Å². The topological polar surface area (TPSA) is 64.0 Å². The van der Waals surface area contributed by atoms with Crippen LogP contribution in [0.4, 0.5) is 5.69 Å². The summed E-state index contributed by atoms with van der Waals surface area (Å²) < 4.78 is 1.33. The lowest BCUT2D eigenvalue weighted by atomic mass is 10.1. The van der Waals surface area contributed by atoms with Gasteiger partial charge in [-0.2, -0.15) is 0 Å². The van der Waals surface area contributed by atoms with E-state index in [1.807, 2.05) is 37.4 Å². The highest BCUT2D eigenvalue weighted by molar-refractivity contribution is 7.16. The quantitative estimate of drug-likeness (QED) is 0.808. The van der Waals surface area contributed by atoms with Crippen LogP contribution >= 0.6 is 11.3 Å². The molecular weight excluding hydrogens is 298 g/mol. The summed E-state index contributed by atoms with van der Waals surface area (Å²) in [5.74, 6) is -0.243. The van der Waals surface area contributed by atoms with Crippen LogP contribution in [0.2, 0.25) is 0 Å². The Balaban J connectivity index is 1.83. The van der Waals surface area contributed by atoms with Crippen LogP contribution in [0, 0.1) is 13.8 Å². The summed E-state index contributed by atoms with van der Waals surface area (Å²) in [6.07, 6.45) is 1.42. The number of thiophene rings is 1. The molecule has 0 saturated heterocycles. The largest absolute Gasteiger partial charge is 0.324 e. The van der Waals surface area contributed by atoms with Crippen LogP contribution in [-0.4, -0.2) is 15.5 Å². The molecular formula is C16H15N3O2S. The molecule has 6 heteroatoms. The van der Waals surface area contributed by atoms with Crippen LogP contribution in [0.3, 0.4) is 0 Å². The van der Waals surface area contributed by atoms with Crippen molar-refractivity contribution in [2.24, 2.45) is 0 Å². The molecule has 0 aliphatic carbocycles. The van der Waals surface area contributed by atoms with Crippen LogP contribution in [-0.2, 0) is 11.3 Å². The first kappa shape index (κ1) is 14.5. The maximum Gasteiger partial charge on any atom is 0.262 e. The first-order chi connectivity index (χ1) is 10.6. The molecule has 5 nitrogen and oxygen atoms in total. The number of anilines is 1. The molecule has 1 aromatic carbocycles. The van der Waals surface area contributed by atoms with Gasteiger partial charge in [0.1, 0.15) is 11.4 Å². The van der Waals surface area contributed by atoms with Crippen LogP contribution in [0.1, 0.15) is 11.1 Å². The van der Waals surface area contributed by atoms with E-state index in [0.717, 1.165) is 16.8 Å². The van der Waals surface area contributed by atoms with Crippen molar-refractivity contribution >= 4 is 33.1 Å². The number of carbonyl (C=O) groups is 1. The SMILES string of the molecule is Cc1cccc(NC(=O)Cn2cnc3sccc3c2=O)c1C. The van der Waals surface area contributed by atoms with Crippen molar-refractivity contribution in [1.29, 1.82) is 0 Å². The zero-order valence-electron chi connectivity index (χ0n) is 12.3. The maximum absolute atomic E-state index is 12.2. The van der Waals surface area contributed by atoms with Gasteiger partial charge >= 0.3 is 0 Å². The third-order valence-corrected chi connectivity index (χ3v) is 4.46. The van der Waals surface area contributed by atoms with Gasteiger partial charge in [0.15, 0.2) is 0 Å². The lowest BCUT2D eigenvalue weighted by Crippen LogP contribution is -2.27. The number of amides is 1. The van der Waals surface area contributed by atoms with E-state index in [2.05, 4.69) is 10.3 Å². The van der Waals surface area contributed by atoms with Gasteiger partial charge in [0.05, 0.1) is 11.7 Å². The van der Waals surface area contributed by atoms with Crippen LogP contribution in [0.25, 0.3) is 10.2 Å². The minimum atomic E-state index is -0.243. The average molecular weight is 313 g/mol. The summed E-state index contributed by atoms with van der Waals surface area (Å²) in [5.41, 5.74) is 2.70. The molecule has 22 heavy (non-hydrogen) atoms. The van der Waals surface area contributed by atoms with E-state index in [0.29, 0.717) is 10.2 Å². The second-order valence-electron chi connectivity index (χ2n) is 5.11. The highest BCUT2D eigenvalue weighted by atomic mass is 32.1. The van der Waals surface area contributed by atoms with E-state index < -0.39 is 0 Å². The van der Waals surface area contributed by atoms with Crippen molar-refractivity contribution in [1.82, 2.24) is 9.55 Å².